The summed E-state index contributed by atoms with van der Waals surface area (Å²) >= 11 is 0. The molecule has 0 aliphatic carbocycles. The number of hydrogen-bond acceptors (Lipinski definition) is 7. The third kappa shape index (κ3) is 5.04. The lowest BCUT2D eigenvalue weighted by molar-refractivity contribution is 0.600. The zero-order valence-corrected chi connectivity index (χ0v) is 17.6. The highest BCUT2D eigenvalue weighted by Gasteiger charge is 2.20. The maximum absolute atomic E-state index is 12.4. The lowest BCUT2D eigenvalue weighted by Gasteiger charge is -2.35. The van der Waals surface area contributed by atoms with Crippen molar-refractivity contribution in [3.8, 4) is 0 Å². The van der Waals surface area contributed by atoms with Crippen LogP contribution in [-0.2, 0) is 15.8 Å². The Hall–Kier alpha value is -3.20. The number of piperazine rings is 1. The molecule has 1 saturated heterocycles. The van der Waals surface area contributed by atoms with E-state index in [1.165, 1.54) is 12.4 Å². The molecule has 9 heteroatoms. The molecule has 156 valence electrons. The zero-order chi connectivity index (χ0) is 21.0. The minimum absolute atomic E-state index is 0.0914. The van der Waals surface area contributed by atoms with Crippen LogP contribution in [0.2, 0.25) is 0 Å². The van der Waals surface area contributed by atoms with E-state index in [9.17, 15) is 8.42 Å². The number of aryl methyl sites for hydroxylation is 1. The Balaban J connectivity index is 1.35. The summed E-state index contributed by atoms with van der Waals surface area (Å²) in [5.41, 5.74) is 2.13. The molecular formula is C21H24N6O2S. The largest absolute Gasteiger partial charge is 0.353 e. The van der Waals surface area contributed by atoms with Crippen LogP contribution in [0.4, 0.5) is 17.5 Å². The lowest BCUT2D eigenvalue weighted by Crippen LogP contribution is -2.47. The standard InChI is InChI=1S/C21H24N6O2S/c1-17-5-4-6-18(13-17)16-30(28,29)25-19-14-23-21(24-15-19)27-11-9-26(10-12-27)20-7-2-3-8-22-20/h2-8,13-15,25H,9-12,16H2,1H3. The van der Waals surface area contributed by atoms with E-state index < -0.39 is 10.0 Å². The first-order valence-electron chi connectivity index (χ1n) is 9.77. The summed E-state index contributed by atoms with van der Waals surface area (Å²) in [7, 11) is -3.54. The second kappa shape index (κ2) is 8.66. The summed E-state index contributed by atoms with van der Waals surface area (Å²) in [6.45, 7) is 5.13. The van der Waals surface area contributed by atoms with E-state index in [0.29, 0.717) is 11.6 Å². The molecule has 3 heterocycles. The highest BCUT2D eigenvalue weighted by Crippen LogP contribution is 2.18. The first-order chi connectivity index (χ1) is 14.5. The number of rotatable bonds is 6. The van der Waals surface area contributed by atoms with Crippen molar-refractivity contribution in [2.75, 3.05) is 40.7 Å². The topological polar surface area (TPSA) is 91.3 Å². The maximum atomic E-state index is 12.4. The van der Waals surface area contributed by atoms with Crippen LogP contribution in [0.1, 0.15) is 11.1 Å². The molecule has 30 heavy (non-hydrogen) atoms. The Bertz CT molecular complexity index is 1080. The number of hydrogen-bond donors (Lipinski definition) is 1. The molecule has 3 aromatic rings. The normalized spacial score (nSPS) is 14.6. The molecular weight excluding hydrogens is 400 g/mol. The quantitative estimate of drug-likeness (QED) is 0.650. The molecule has 0 bridgehead atoms. The van der Waals surface area contributed by atoms with E-state index >= 15 is 0 Å². The highest BCUT2D eigenvalue weighted by molar-refractivity contribution is 7.91. The van der Waals surface area contributed by atoms with Gasteiger partial charge in [0, 0.05) is 32.4 Å². The minimum Gasteiger partial charge on any atom is -0.353 e. The molecule has 8 nitrogen and oxygen atoms in total. The second-order valence-electron chi connectivity index (χ2n) is 7.28. The van der Waals surface area contributed by atoms with Crippen LogP contribution < -0.4 is 14.5 Å². The third-order valence-corrected chi connectivity index (χ3v) is 6.15. The first kappa shape index (κ1) is 20.1. The third-order valence-electron chi connectivity index (χ3n) is 4.89. The van der Waals surface area contributed by atoms with Gasteiger partial charge in [0.1, 0.15) is 5.82 Å². The van der Waals surface area contributed by atoms with Crippen LogP contribution in [0.5, 0.6) is 0 Å². The highest BCUT2D eigenvalue weighted by atomic mass is 32.2. The van der Waals surface area contributed by atoms with Crippen molar-refractivity contribution in [2.45, 2.75) is 12.7 Å². The Morgan fingerprint density at radius 2 is 1.67 bits per heavy atom. The SMILES string of the molecule is Cc1cccc(CS(=O)(=O)Nc2cnc(N3CCN(c4ccccn4)CC3)nc2)c1. The van der Waals surface area contributed by atoms with Gasteiger partial charge in [0.25, 0.3) is 0 Å². The molecule has 0 atom stereocenters. The summed E-state index contributed by atoms with van der Waals surface area (Å²) in [4.78, 5) is 17.4. The molecule has 1 fully saturated rings. The number of benzene rings is 1. The van der Waals surface area contributed by atoms with Gasteiger partial charge in [-0.1, -0.05) is 35.9 Å². The average molecular weight is 425 g/mol. The number of sulfonamides is 1. The van der Waals surface area contributed by atoms with E-state index in [0.717, 1.165) is 43.1 Å². The molecule has 1 N–H and O–H groups in total. The van der Waals surface area contributed by atoms with Crippen molar-refractivity contribution >= 4 is 27.5 Å². The second-order valence-corrected chi connectivity index (χ2v) is 9.01. The van der Waals surface area contributed by atoms with Crippen molar-refractivity contribution in [1.82, 2.24) is 15.0 Å². The number of pyridine rings is 1. The van der Waals surface area contributed by atoms with Crippen LogP contribution in [0.3, 0.4) is 0 Å². The fourth-order valence-electron chi connectivity index (χ4n) is 3.45. The predicted molar refractivity (Wildman–Crippen MR) is 118 cm³/mol. The molecule has 0 amide bonds. The van der Waals surface area contributed by atoms with Gasteiger partial charge >= 0.3 is 0 Å². The Labute approximate surface area is 176 Å². The molecule has 4 rings (SSSR count). The van der Waals surface area contributed by atoms with Crippen LogP contribution >= 0.6 is 0 Å². The Kier molecular flexibility index (Phi) is 5.80. The van der Waals surface area contributed by atoms with Crippen molar-refractivity contribution in [3.05, 3.63) is 72.2 Å². The van der Waals surface area contributed by atoms with Crippen LogP contribution in [-0.4, -0.2) is 49.5 Å². The lowest BCUT2D eigenvalue weighted by atomic mass is 10.2. The molecule has 2 aromatic heterocycles. The van der Waals surface area contributed by atoms with Gasteiger partial charge in [-0.25, -0.2) is 23.4 Å². The van der Waals surface area contributed by atoms with Crippen molar-refractivity contribution in [3.63, 3.8) is 0 Å². The van der Waals surface area contributed by atoms with Crippen molar-refractivity contribution in [2.24, 2.45) is 0 Å². The summed E-state index contributed by atoms with van der Waals surface area (Å²) in [6, 6.07) is 13.3. The van der Waals surface area contributed by atoms with Gasteiger partial charge in [0.15, 0.2) is 0 Å². The summed E-state index contributed by atoms with van der Waals surface area (Å²) < 4.78 is 27.5. The van der Waals surface area contributed by atoms with E-state index in [1.807, 2.05) is 43.3 Å². The van der Waals surface area contributed by atoms with E-state index in [1.54, 1.807) is 12.3 Å². The van der Waals surface area contributed by atoms with Gasteiger partial charge in [0.2, 0.25) is 16.0 Å². The summed E-state index contributed by atoms with van der Waals surface area (Å²) in [5, 5.41) is 0. The van der Waals surface area contributed by atoms with Gasteiger partial charge in [-0.3, -0.25) is 4.72 Å². The number of aromatic nitrogens is 3. The average Bonchev–Trinajstić information content (AvgIpc) is 2.74. The van der Waals surface area contributed by atoms with E-state index in [2.05, 4.69) is 29.5 Å². The Morgan fingerprint density at radius 1 is 0.933 bits per heavy atom. The van der Waals surface area contributed by atoms with E-state index in [-0.39, 0.29) is 5.75 Å². The molecule has 1 aliphatic rings. The monoisotopic (exact) mass is 424 g/mol. The first-order valence-corrected chi connectivity index (χ1v) is 11.4. The predicted octanol–water partition coefficient (Wildman–Crippen LogP) is 2.45. The van der Waals surface area contributed by atoms with Crippen LogP contribution in [0.15, 0.2) is 61.1 Å². The van der Waals surface area contributed by atoms with Crippen LogP contribution in [0, 0.1) is 6.92 Å². The fraction of sp³-hybridized carbons (Fsp3) is 0.286. The van der Waals surface area contributed by atoms with Gasteiger partial charge in [-0.15, -0.1) is 0 Å². The van der Waals surface area contributed by atoms with E-state index in [4.69, 9.17) is 0 Å². The van der Waals surface area contributed by atoms with Crippen LogP contribution in [0.25, 0.3) is 0 Å². The van der Waals surface area contributed by atoms with Gasteiger partial charge in [-0.2, -0.15) is 0 Å². The smallest absolute Gasteiger partial charge is 0.237 e. The fourth-order valence-corrected chi connectivity index (χ4v) is 4.61. The van der Waals surface area contributed by atoms with Gasteiger partial charge < -0.3 is 9.80 Å². The summed E-state index contributed by atoms with van der Waals surface area (Å²) in [6.07, 6.45) is 4.83. The zero-order valence-electron chi connectivity index (χ0n) is 16.8. The number of anilines is 3. The molecule has 0 unspecified atom stereocenters. The molecule has 0 saturated carbocycles. The maximum Gasteiger partial charge on any atom is 0.237 e. The molecule has 1 aliphatic heterocycles. The number of nitrogens with zero attached hydrogens (tertiary/aromatic N) is 5. The molecule has 0 radical (unpaired) electrons. The summed E-state index contributed by atoms with van der Waals surface area (Å²) in [5.74, 6) is 1.47. The van der Waals surface area contributed by atoms with Gasteiger partial charge in [-0.05, 0) is 24.6 Å². The van der Waals surface area contributed by atoms with Gasteiger partial charge in [0.05, 0.1) is 23.8 Å². The molecule has 0 spiro atoms. The number of nitrogens with one attached hydrogen (secondary N) is 1. The van der Waals surface area contributed by atoms with Crippen molar-refractivity contribution in [1.29, 1.82) is 0 Å². The van der Waals surface area contributed by atoms with Crippen molar-refractivity contribution < 1.29 is 8.42 Å². The minimum atomic E-state index is -3.54. The molecule has 1 aromatic carbocycles. The Morgan fingerprint density at radius 3 is 2.33 bits per heavy atom.